The van der Waals surface area contributed by atoms with Crippen molar-refractivity contribution in [3.63, 3.8) is 0 Å². The summed E-state index contributed by atoms with van der Waals surface area (Å²) >= 11 is 0. The number of anilines is 2. The molecule has 1 aromatic rings. The van der Waals surface area contributed by atoms with Gasteiger partial charge in [0.1, 0.15) is 0 Å². The van der Waals surface area contributed by atoms with Crippen LogP contribution in [0.15, 0.2) is 12.3 Å². The molecule has 100 valence electrons. The van der Waals surface area contributed by atoms with Crippen molar-refractivity contribution >= 4 is 17.5 Å². The molecular formula is C13H21N3O2. The van der Waals surface area contributed by atoms with Gasteiger partial charge < -0.3 is 15.4 Å². The van der Waals surface area contributed by atoms with Crippen LogP contribution in [0.3, 0.4) is 0 Å². The van der Waals surface area contributed by atoms with Crippen LogP contribution in [0.1, 0.15) is 31.1 Å². The summed E-state index contributed by atoms with van der Waals surface area (Å²) in [6, 6.07) is 1.58. The van der Waals surface area contributed by atoms with Crippen molar-refractivity contribution in [1.82, 2.24) is 4.98 Å². The molecule has 0 saturated heterocycles. The predicted molar refractivity (Wildman–Crippen MR) is 72.7 cm³/mol. The number of pyridine rings is 1. The van der Waals surface area contributed by atoms with Gasteiger partial charge in [-0.15, -0.1) is 0 Å². The van der Waals surface area contributed by atoms with E-state index < -0.39 is 5.97 Å². The zero-order valence-corrected chi connectivity index (χ0v) is 11.4. The van der Waals surface area contributed by atoms with Crippen LogP contribution < -0.4 is 10.6 Å². The lowest BCUT2D eigenvalue weighted by Crippen LogP contribution is -2.29. The van der Waals surface area contributed by atoms with Crippen LogP contribution in [0, 0.1) is 5.92 Å². The Kier molecular flexibility index (Phi) is 4.95. The van der Waals surface area contributed by atoms with Gasteiger partial charge in [0.2, 0.25) is 0 Å². The Labute approximate surface area is 108 Å². The number of hydrogen-bond acceptors (Lipinski definition) is 5. The van der Waals surface area contributed by atoms with Gasteiger partial charge in [-0.25, -0.2) is 9.78 Å². The first-order valence-electron chi connectivity index (χ1n) is 6.09. The van der Waals surface area contributed by atoms with E-state index in [2.05, 4.69) is 23.7 Å². The fourth-order valence-corrected chi connectivity index (χ4v) is 1.81. The van der Waals surface area contributed by atoms with Gasteiger partial charge in [0.25, 0.3) is 0 Å². The highest BCUT2D eigenvalue weighted by Gasteiger charge is 2.17. The molecule has 18 heavy (non-hydrogen) atoms. The van der Waals surface area contributed by atoms with E-state index >= 15 is 0 Å². The molecule has 0 aliphatic heterocycles. The van der Waals surface area contributed by atoms with E-state index in [1.807, 2.05) is 6.92 Å². The minimum Gasteiger partial charge on any atom is -0.465 e. The van der Waals surface area contributed by atoms with Crippen molar-refractivity contribution in [1.29, 1.82) is 0 Å². The Morgan fingerprint density at radius 3 is 2.72 bits per heavy atom. The van der Waals surface area contributed by atoms with Crippen LogP contribution in [0.4, 0.5) is 11.5 Å². The third kappa shape index (κ3) is 3.12. The van der Waals surface area contributed by atoms with E-state index in [1.54, 1.807) is 12.3 Å². The third-order valence-electron chi connectivity index (χ3n) is 2.64. The second-order valence-corrected chi connectivity index (χ2v) is 4.52. The zero-order valence-electron chi connectivity index (χ0n) is 11.4. The Morgan fingerprint density at radius 1 is 1.56 bits per heavy atom. The van der Waals surface area contributed by atoms with Gasteiger partial charge in [-0.3, -0.25) is 0 Å². The van der Waals surface area contributed by atoms with Crippen LogP contribution in [0.2, 0.25) is 0 Å². The molecule has 0 radical (unpaired) electrons. The number of nitrogens with zero attached hydrogens (tertiary/aromatic N) is 2. The average Bonchev–Trinajstić information content (AvgIpc) is 2.35. The fraction of sp³-hybridized carbons (Fsp3) is 0.538. The molecule has 1 aromatic heterocycles. The number of esters is 1. The third-order valence-corrected chi connectivity index (χ3v) is 2.64. The molecule has 0 spiro atoms. The van der Waals surface area contributed by atoms with E-state index in [4.69, 9.17) is 10.5 Å². The van der Waals surface area contributed by atoms with Crippen LogP contribution >= 0.6 is 0 Å². The highest BCUT2D eigenvalue weighted by Crippen LogP contribution is 2.25. The maximum absolute atomic E-state index is 11.6. The maximum atomic E-state index is 11.6. The highest BCUT2D eigenvalue weighted by atomic mass is 16.5. The van der Waals surface area contributed by atoms with Gasteiger partial charge >= 0.3 is 5.97 Å². The number of hydrogen-bond donors (Lipinski definition) is 1. The highest BCUT2D eigenvalue weighted by molar-refractivity contribution is 5.97. The maximum Gasteiger partial charge on any atom is 0.340 e. The lowest BCUT2D eigenvalue weighted by Gasteiger charge is -2.25. The second kappa shape index (κ2) is 6.23. The van der Waals surface area contributed by atoms with Gasteiger partial charge in [-0.1, -0.05) is 13.8 Å². The van der Waals surface area contributed by atoms with Crippen molar-refractivity contribution in [2.24, 2.45) is 5.92 Å². The van der Waals surface area contributed by atoms with E-state index in [0.29, 0.717) is 23.0 Å². The molecular weight excluding hydrogens is 230 g/mol. The van der Waals surface area contributed by atoms with Crippen LogP contribution in [-0.2, 0) is 4.74 Å². The van der Waals surface area contributed by atoms with E-state index in [0.717, 1.165) is 13.1 Å². The molecule has 2 N–H and O–H groups in total. The van der Waals surface area contributed by atoms with Crippen molar-refractivity contribution in [3.8, 4) is 0 Å². The first-order valence-corrected chi connectivity index (χ1v) is 6.09. The number of nitrogen functional groups attached to an aromatic ring is 1. The molecule has 1 heterocycles. The molecule has 1 rings (SSSR count). The number of aromatic nitrogens is 1. The Hall–Kier alpha value is -1.78. The smallest absolute Gasteiger partial charge is 0.340 e. The molecule has 0 amide bonds. The van der Waals surface area contributed by atoms with Crippen molar-refractivity contribution < 1.29 is 9.53 Å². The summed E-state index contributed by atoms with van der Waals surface area (Å²) in [5, 5.41) is 0. The molecule has 0 unspecified atom stereocenters. The minimum atomic E-state index is -0.434. The lowest BCUT2D eigenvalue weighted by molar-refractivity contribution is 0.0602. The summed E-state index contributed by atoms with van der Waals surface area (Å²) in [4.78, 5) is 17.9. The summed E-state index contributed by atoms with van der Waals surface area (Å²) in [6.45, 7) is 7.93. The Balaban J connectivity index is 3.12. The topological polar surface area (TPSA) is 68.5 Å². The van der Waals surface area contributed by atoms with Crippen molar-refractivity contribution in [3.05, 3.63) is 17.8 Å². The molecule has 5 heteroatoms. The first kappa shape index (κ1) is 14.3. The SMILES string of the molecule is CCN(CC(C)C)c1nccc(C(=O)OC)c1N. The predicted octanol–water partition coefficient (Wildman–Crippen LogP) is 1.93. The van der Waals surface area contributed by atoms with Crippen molar-refractivity contribution in [2.45, 2.75) is 20.8 Å². The van der Waals surface area contributed by atoms with Crippen LogP contribution in [0.5, 0.6) is 0 Å². The summed E-state index contributed by atoms with van der Waals surface area (Å²) < 4.78 is 4.70. The van der Waals surface area contributed by atoms with Crippen LogP contribution in [-0.4, -0.2) is 31.2 Å². The van der Waals surface area contributed by atoms with E-state index in [9.17, 15) is 4.79 Å². The quantitative estimate of drug-likeness (QED) is 0.810. The zero-order chi connectivity index (χ0) is 13.7. The van der Waals surface area contributed by atoms with Crippen LogP contribution in [0.25, 0.3) is 0 Å². The summed E-state index contributed by atoms with van der Waals surface area (Å²) in [6.07, 6.45) is 1.58. The molecule has 0 aromatic carbocycles. The largest absolute Gasteiger partial charge is 0.465 e. The Morgan fingerprint density at radius 2 is 2.22 bits per heavy atom. The number of rotatable bonds is 5. The van der Waals surface area contributed by atoms with Crippen molar-refractivity contribution in [2.75, 3.05) is 30.8 Å². The number of carbonyl (C=O) groups is 1. The average molecular weight is 251 g/mol. The number of methoxy groups -OCH3 is 1. The van der Waals surface area contributed by atoms with Gasteiger partial charge in [0.05, 0.1) is 18.4 Å². The van der Waals surface area contributed by atoms with Gasteiger partial charge in [-0.05, 0) is 18.9 Å². The van der Waals surface area contributed by atoms with E-state index in [-0.39, 0.29) is 0 Å². The normalized spacial score (nSPS) is 10.5. The molecule has 0 bridgehead atoms. The first-order chi connectivity index (χ1) is 8.51. The molecule has 0 aliphatic carbocycles. The number of carbonyl (C=O) groups excluding carboxylic acids is 1. The van der Waals surface area contributed by atoms with E-state index in [1.165, 1.54) is 7.11 Å². The summed E-state index contributed by atoms with van der Waals surface area (Å²) in [5.74, 6) is 0.707. The number of nitrogens with two attached hydrogens (primary N) is 1. The fourth-order valence-electron chi connectivity index (χ4n) is 1.81. The molecule has 0 atom stereocenters. The molecule has 0 aliphatic rings. The molecule has 5 nitrogen and oxygen atoms in total. The van der Waals surface area contributed by atoms with Gasteiger partial charge in [-0.2, -0.15) is 0 Å². The minimum absolute atomic E-state index is 0.365. The monoisotopic (exact) mass is 251 g/mol. The standard InChI is InChI=1S/C13H21N3O2/c1-5-16(8-9(2)3)12-11(14)10(6-7-15-12)13(17)18-4/h6-7,9H,5,8,14H2,1-4H3. The summed E-state index contributed by atoms with van der Waals surface area (Å²) in [5.41, 5.74) is 6.75. The second-order valence-electron chi connectivity index (χ2n) is 4.52. The Bertz CT molecular complexity index is 419. The lowest BCUT2D eigenvalue weighted by atomic mass is 10.1. The van der Waals surface area contributed by atoms with Gasteiger partial charge in [0, 0.05) is 19.3 Å². The molecule has 0 fully saturated rings. The van der Waals surface area contributed by atoms with Gasteiger partial charge in [0.15, 0.2) is 5.82 Å². The molecule has 0 saturated carbocycles. The number of ether oxygens (including phenoxy) is 1. The summed E-state index contributed by atoms with van der Waals surface area (Å²) in [7, 11) is 1.34.